The molecule has 6 nitrogen and oxygen atoms in total. The Hall–Kier alpha value is -2.19. The summed E-state index contributed by atoms with van der Waals surface area (Å²) in [7, 11) is 1.56. The lowest BCUT2D eigenvalue weighted by Gasteiger charge is -2.14. The molecule has 2 aromatic rings. The Labute approximate surface area is 165 Å². The van der Waals surface area contributed by atoms with E-state index in [1.807, 2.05) is 42.5 Å². The molecule has 8 heteroatoms. The molecule has 0 aliphatic carbocycles. The number of hydrogen-bond acceptors (Lipinski definition) is 5. The summed E-state index contributed by atoms with van der Waals surface area (Å²) in [6.45, 7) is 1.79. The number of hydrogen-bond donors (Lipinski definition) is 3. The van der Waals surface area contributed by atoms with Crippen LogP contribution in [0.4, 0.5) is 5.69 Å². The summed E-state index contributed by atoms with van der Waals surface area (Å²) in [5.74, 6) is 0.0116. The predicted octanol–water partition coefficient (Wildman–Crippen LogP) is 3.20. The Morgan fingerprint density at radius 2 is 1.81 bits per heavy atom. The molecule has 2 amide bonds. The van der Waals surface area contributed by atoms with Crippen LogP contribution in [0.5, 0.6) is 5.75 Å². The Morgan fingerprint density at radius 3 is 2.50 bits per heavy atom. The van der Waals surface area contributed by atoms with Crippen LogP contribution in [0, 0.1) is 0 Å². The molecule has 0 bridgehead atoms. The van der Waals surface area contributed by atoms with Gasteiger partial charge >= 0.3 is 0 Å². The maximum atomic E-state index is 12.1. The van der Waals surface area contributed by atoms with Crippen LogP contribution < -0.4 is 20.9 Å². The maximum Gasteiger partial charge on any atom is 0.257 e. The molecule has 0 saturated heterocycles. The van der Waals surface area contributed by atoms with Crippen molar-refractivity contribution in [2.45, 2.75) is 17.1 Å². The van der Waals surface area contributed by atoms with E-state index in [9.17, 15) is 9.59 Å². The molecular weight excluding hydrogens is 418 g/mol. The topological polar surface area (TPSA) is 79.5 Å². The molecule has 0 spiro atoms. The number of nitrogens with one attached hydrogen (secondary N) is 3. The number of rotatable bonds is 7. The highest BCUT2D eigenvalue weighted by atomic mass is 79.9. The fraction of sp³-hybridized carbons (Fsp3) is 0.222. The van der Waals surface area contributed by atoms with Gasteiger partial charge in [0.05, 0.1) is 24.6 Å². The number of carbonyl (C=O) groups excluding carboxylic acids is 2. The van der Waals surface area contributed by atoms with E-state index in [1.54, 1.807) is 20.1 Å². The molecule has 138 valence electrons. The number of hydrazine groups is 1. The molecule has 0 aliphatic heterocycles. The lowest BCUT2D eigenvalue weighted by atomic mass is 10.3. The number of carbonyl (C=O) groups is 2. The van der Waals surface area contributed by atoms with Crippen LogP contribution >= 0.6 is 27.7 Å². The van der Waals surface area contributed by atoms with E-state index < -0.39 is 0 Å². The van der Waals surface area contributed by atoms with Gasteiger partial charge in [-0.2, -0.15) is 0 Å². The van der Waals surface area contributed by atoms with Gasteiger partial charge in [-0.05, 0) is 43.3 Å². The quantitative estimate of drug-likeness (QED) is 0.457. The molecule has 1 unspecified atom stereocenters. The van der Waals surface area contributed by atoms with Crippen molar-refractivity contribution in [1.29, 1.82) is 0 Å². The van der Waals surface area contributed by atoms with E-state index in [2.05, 4.69) is 32.1 Å². The monoisotopic (exact) mass is 437 g/mol. The highest BCUT2D eigenvalue weighted by Crippen LogP contribution is 2.25. The highest BCUT2D eigenvalue weighted by Gasteiger charge is 2.15. The van der Waals surface area contributed by atoms with Gasteiger partial charge in [-0.15, -0.1) is 11.8 Å². The van der Waals surface area contributed by atoms with Crippen LogP contribution in [0.25, 0.3) is 0 Å². The first-order valence-corrected chi connectivity index (χ1v) is 9.54. The van der Waals surface area contributed by atoms with Gasteiger partial charge in [0.1, 0.15) is 5.75 Å². The zero-order chi connectivity index (χ0) is 18.9. The molecule has 0 saturated carbocycles. The average molecular weight is 438 g/mol. The predicted molar refractivity (Wildman–Crippen MR) is 107 cm³/mol. The fourth-order valence-electron chi connectivity index (χ4n) is 2.01. The summed E-state index contributed by atoms with van der Waals surface area (Å²) < 4.78 is 6.18. The highest BCUT2D eigenvalue weighted by molar-refractivity contribution is 9.10. The fourth-order valence-corrected chi connectivity index (χ4v) is 3.15. The third kappa shape index (κ3) is 6.27. The van der Waals surface area contributed by atoms with Crippen LogP contribution in [-0.4, -0.2) is 30.7 Å². The van der Waals surface area contributed by atoms with Crippen molar-refractivity contribution < 1.29 is 14.3 Å². The largest absolute Gasteiger partial charge is 0.495 e. The van der Waals surface area contributed by atoms with Gasteiger partial charge in [0, 0.05) is 9.37 Å². The van der Waals surface area contributed by atoms with Gasteiger partial charge in [-0.1, -0.05) is 28.1 Å². The first kappa shape index (κ1) is 20.1. The molecule has 0 aromatic heterocycles. The third-order valence-corrected chi connectivity index (χ3v) is 5.01. The number of methoxy groups -OCH3 is 1. The smallest absolute Gasteiger partial charge is 0.257 e. The van der Waals surface area contributed by atoms with Crippen molar-refractivity contribution in [2.75, 3.05) is 19.0 Å². The minimum absolute atomic E-state index is 0.00882. The second-order valence-electron chi connectivity index (χ2n) is 5.31. The van der Waals surface area contributed by atoms with E-state index in [-0.39, 0.29) is 23.6 Å². The van der Waals surface area contributed by atoms with Crippen LogP contribution in [0.3, 0.4) is 0 Å². The second kappa shape index (κ2) is 10.1. The summed E-state index contributed by atoms with van der Waals surface area (Å²) in [5.41, 5.74) is 5.55. The minimum Gasteiger partial charge on any atom is -0.495 e. The Balaban J connectivity index is 1.75. The van der Waals surface area contributed by atoms with Crippen molar-refractivity contribution >= 4 is 45.2 Å². The van der Waals surface area contributed by atoms with E-state index in [0.717, 1.165) is 9.37 Å². The number of thioether (sulfide) groups is 1. The summed E-state index contributed by atoms with van der Waals surface area (Å²) in [4.78, 5) is 25.0. The van der Waals surface area contributed by atoms with Crippen LogP contribution in [0.1, 0.15) is 6.92 Å². The standard InChI is InChI=1S/C18H20BrN3O3S/c1-12(26-14-9-7-13(19)8-10-14)18(24)22-21-17(23)11-20-15-5-3-4-6-16(15)25-2/h3-10,12,20H,11H2,1-2H3,(H,21,23)(H,22,24). The minimum atomic E-state index is -0.356. The average Bonchev–Trinajstić information content (AvgIpc) is 2.66. The molecular formula is C18H20BrN3O3S. The molecule has 0 fully saturated rings. The number of halogens is 1. The normalized spacial score (nSPS) is 11.3. The molecule has 26 heavy (non-hydrogen) atoms. The number of amides is 2. The number of ether oxygens (including phenoxy) is 1. The van der Waals surface area contributed by atoms with Crippen LogP contribution in [0.2, 0.25) is 0 Å². The van der Waals surface area contributed by atoms with Gasteiger partial charge in [-0.25, -0.2) is 0 Å². The lowest BCUT2D eigenvalue weighted by molar-refractivity contribution is -0.127. The van der Waals surface area contributed by atoms with Gasteiger partial charge < -0.3 is 10.1 Å². The first-order chi connectivity index (χ1) is 12.5. The van der Waals surface area contributed by atoms with Gasteiger partial charge in [-0.3, -0.25) is 20.4 Å². The van der Waals surface area contributed by atoms with Crippen LogP contribution in [0.15, 0.2) is 57.9 Å². The van der Waals surface area contributed by atoms with Crippen molar-refractivity contribution in [1.82, 2.24) is 10.9 Å². The first-order valence-electron chi connectivity index (χ1n) is 7.87. The van der Waals surface area contributed by atoms with Crippen molar-refractivity contribution in [2.24, 2.45) is 0 Å². The number of benzene rings is 2. The summed E-state index contributed by atoms with van der Waals surface area (Å²) >= 11 is 4.78. The maximum absolute atomic E-state index is 12.1. The molecule has 0 aliphatic rings. The van der Waals surface area contributed by atoms with E-state index in [1.165, 1.54) is 11.8 Å². The Kier molecular flexibility index (Phi) is 7.80. The molecule has 3 N–H and O–H groups in total. The van der Waals surface area contributed by atoms with Gasteiger partial charge in [0.25, 0.3) is 11.8 Å². The summed E-state index contributed by atoms with van der Waals surface area (Å²) in [6.07, 6.45) is 0. The zero-order valence-corrected chi connectivity index (χ0v) is 16.8. The molecule has 2 aromatic carbocycles. The third-order valence-electron chi connectivity index (χ3n) is 3.37. The summed E-state index contributed by atoms with van der Waals surface area (Å²) in [6, 6.07) is 15.0. The van der Waals surface area contributed by atoms with Crippen LogP contribution in [-0.2, 0) is 9.59 Å². The molecule has 0 heterocycles. The zero-order valence-electron chi connectivity index (χ0n) is 14.4. The van der Waals surface area contributed by atoms with Crippen molar-refractivity contribution in [3.63, 3.8) is 0 Å². The molecule has 2 rings (SSSR count). The molecule has 0 radical (unpaired) electrons. The number of para-hydroxylation sites is 2. The molecule has 1 atom stereocenters. The summed E-state index contributed by atoms with van der Waals surface area (Å²) in [5, 5.41) is 2.62. The second-order valence-corrected chi connectivity index (χ2v) is 7.64. The van der Waals surface area contributed by atoms with Crippen molar-refractivity contribution in [3.8, 4) is 5.75 Å². The Bertz CT molecular complexity index is 756. The van der Waals surface area contributed by atoms with E-state index in [0.29, 0.717) is 11.4 Å². The lowest BCUT2D eigenvalue weighted by Crippen LogP contribution is -2.46. The van der Waals surface area contributed by atoms with Gasteiger partial charge in [0.2, 0.25) is 0 Å². The van der Waals surface area contributed by atoms with Gasteiger partial charge in [0.15, 0.2) is 0 Å². The van der Waals surface area contributed by atoms with E-state index in [4.69, 9.17) is 4.74 Å². The SMILES string of the molecule is COc1ccccc1NCC(=O)NNC(=O)C(C)Sc1ccc(Br)cc1. The Morgan fingerprint density at radius 1 is 1.12 bits per heavy atom. The number of anilines is 1. The van der Waals surface area contributed by atoms with Crippen molar-refractivity contribution in [3.05, 3.63) is 53.0 Å². The van der Waals surface area contributed by atoms with E-state index >= 15 is 0 Å².